The summed E-state index contributed by atoms with van der Waals surface area (Å²) < 4.78 is 13.4. The number of nitrogens with one attached hydrogen (secondary N) is 1. The fraction of sp³-hybridized carbons (Fsp3) is 0.769. The summed E-state index contributed by atoms with van der Waals surface area (Å²) in [6, 6.07) is 2.23. The zero-order chi connectivity index (χ0) is 12.8. The van der Waals surface area contributed by atoms with Gasteiger partial charge in [-0.2, -0.15) is 5.10 Å². The molecule has 5 heteroatoms. The lowest BCUT2D eigenvalue weighted by Crippen LogP contribution is -2.41. The maximum Gasteiger partial charge on any atom is 0.102 e. The number of rotatable bonds is 6. The van der Waals surface area contributed by atoms with Crippen molar-refractivity contribution in [1.82, 2.24) is 15.1 Å². The molecule has 1 aromatic rings. The Kier molecular flexibility index (Phi) is 5.16. The highest BCUT2D eigenvalue weighted by molar-refractivity contribution is 5.09. The molecule has 2 unspecified atom stereocenters. The molecule has 18 heavy (non-hydrogen) atoms. The van der Waals surface area contributed by atoms with E-state index in [0.29, 0.717) is 19.8 Å². The SMILES string of the molecule is CCCn1nccc1C(NCC)C1COCCO1. The molecule has 0 aliphatic carbocycles. The van der Waals surface area contributed by atoms with Gasteiger partial charge in [0.1, 0.15) is 6.10 Å². The fourth-order valence-corrected chi connectivity index (χ4v) is 2.35. The second kappa shape index (κ2) is 6.87. The summed E-state index contributed by atoms with van der Waals surface area (Å²) in [6.45, 7) is 8.14. The third-order valence-corrected chi connectivity index (χ3v) is 3.14. The molecular formula is C13H23N3O2. The Morgan fingerprint density at radius 1 is 1.50 bits per heavy atom. The van der Waals surface area contributed by atoms with E-state index in [4.69, 9.17) is 9.47 Å². The Balaban J connectivity index is 2.14. The number of aromatic nitrogens is 2. The van der Waals surface area contributed by atoms with Crippen molar-refractivity contribution in [3.8, 4) is 0 Å². The van der Waals surface area contributed by atoms with Gasteiger partial charge in [0.05, 0.1) is 31.6 Å². The first kappa shape index (κ1) is 13.5. The van der Waals surface area contributed by atoms with Gasteiger partial charge in [-0.05, 0) is 19.0 Å². The van der Waals surface area contributed by atoms with E-state index in [1.807, 2.05) is 6.20 Å². The summed E-state index contributed by atoms with van der Waals surface area (Å²) >= 11 is 0. The molecule has 0 bridgehead atoms. The highest BCUT2D eigenvalue weighted by Crippen LogP contribution is 2.21. The van der Waals surface area contributed by atoms with E-state index in [1.54, 1.807) is 0 Å². The molecular weight excluding hydrogens is 230 g/mol. The van der Waals surface area contributed by atoms with Gasteiger partial charge in [-0.15, -0.1) is 0 Å². The van der Waals surface area contributed by atoms with Crippen LogP contribution in [0, 0.1) is 0 Å². The van der Waals surface area contributed by atoms with Gasteiger partial charge in [0, 0.05) is 12.7 Å². The second-order valence-corrected chi connectivity index (χ2v) is 4.50. The van der Waals surface area contributed by atoms with Gasteiger partial charge in [0.25, 0.3) is 0 Å². The monoisotopic (exact) mass is 253 g/mol. The number of hydrogen-bond donors (Lipinski definition) is 1. The minimum atomic E-state index is 0.0750. The predicted octanol–water partition coefficient (Wildman–Crippen LogP) is 1.36. The number of ether oxygens (including phenoxy) is 2. The van der Waals surface area contributed by atoms with Crippen molar-refractivity contribution in [2.24, 2.45) is 0 Å². The summed E-state index contributed by atoms with van der Waals surface area (Å²) in [5, 5.41) is 7.87. The average Bonchev–Trinajstić information content (AvgIpc) is 2.85. The Morgan fingerprint density at radius 3 is 3.06 bits per heavy atom. The van der Waals surface area contributed by atoms with Crippen LogP contribution in [0.3, 0.4) is 0 Å². The Hall–Kier alpha value is -0.910. The van der Waals surface area contributed by atoms with Gasteiger partial charge >= 0.3 is 0 Å². The van der Waals surface area contributed by atoms with Crippen LogP contribution in [-0.2, 0) is 16.0 Å². The minimum Gasteiger partial charge on any atom is -0.376 e. The van der Waals surface area contributed by atoms with E-state index in [1.165, 1.54) is 5.69 Å². The van der Waals surface area contributed by atoms with Crippen molar-refractivity contribution in [1.29, 1.82) is 0 Å². The molecule has 0 spiro atoms. The first-order valence-corrected chi connectivity index (χ1v) is 6.81. The van der Waals surface area contributed by atoms with Crippen LogP contribution in [0.25, 0.3) is 0 Å². The summed E-state index contributed by atoms with van der Waals surface area (Å²) in [5.41, 5.74) is 1.19. The first-order valence-electron chi connectivity index (χ1n) is 6.81. The molecule has 2 atom stereocenters. The van der Waals surface area contributed by atoms with Crippen molar-refractivity contribution < 1.29 is 9.47 Å². The zero-order valence-corrected chi connectivity index (χ0v) is 11.3. The van der Waals surface area contributed by atoms with Gasteiger partial charge in [-0.25, -0.2) is 0 Å². The van der Waals surface area contributed by atoms with Crippen molar-refractivity contribution in [2.75, 3.05) is 26.4 Å². The van der Waals surface area contributed by atoms with Gasteiger partial charge in [0.15, 0.2) is 0 Å². The van der Waals surface area contributed by atoms with Crippen LogP contribution in [0.1, 0.15) is 32.0 Å². The Labute approximate surface area is 108 Å². The van der Waals surface area contributed by atoms with E-state index < -0.39 is 0 Å². The highest BCUT2D eigenvalue weighted by atomic mass is 16.6. The molecule has 2 rings (SSSR count). The van der Waals surface area contributed by atoms with Crippen molar-refractivity contribution in [3.63, 3.8) is 0 Å². The van der Waals surface area contributed by atoms with Crippen molar-refractivity contribution >= 4 is 0 Å². The summed E-state index contributed by atoms with van der Waals surface area (Å²) in [7, 11) is 0. The minimum absolute atomic E-state index is 0.0750. The highest BCUT2D eigenvalue weighted by Gasteiger charge is 2.28. The van der Waals surface area contributed by atoms with Crippen LogP contribution in [0.15, 0.2) is 12.3 Å². The molecule has 0 amide bonds. The third kappa shape index (κ3) is 3.10. The average molecular weight is 253 g/mol. The smallest absolute Gasteiger partial charge is 0.102 e. The number of likely N-dealkylation sites (N-methyl/N-ethyl adjacent to an activating group) is 1. The molecule has 0 radical (unpaired) electrons. The number of hydrogen-bond acceptors (Lipinski definition) is 4. The molecule has 102 valence electrons. The van der Waals surface area contributed by atoms with Gasteiger partial charge in [-0.1, -0.05) is 13.8 Å². The van der Waals surface area contributed by atoms with Crippen LogP contribution in [-0.4, -0.2) is 42.2 Å². The van der Waals surface area contributed by atoms with Crippen molar-refractivity contribution in [2.45, 2.75) is 39.0 Å². The Morgan fingerprint density at radius 2 is 2.39 bits per heavy atom. The van der Waals surface area contributed by atoms with Crippen LogP contribution < -0.4 is 5.32 Å². The second-order valence-electron chi connectivity index (χ2n) is 4.50. The summed E-state index contributed by atoms with van der Waals surface area (Å²) in [6.07, 6.45) is 3.01. The molecule has 5 nitrogen and oxygen atoms in total. The molecule has 0 aromatic carbocycles. The lowest BCUT2D eigenvalue weighted by atomic mass is 10.1. The van der Waals surface area contributed by atoms with Crippen LogP contribution >= 0.6 is 0 Å². The largest absolute Gasteiger partial charge is 0.376 e. The molecule has 1 N–H and O–H groups in total. The Bertz CT molecular complexity index is 348. The van der Waals surface area contributed by atoms with E-state index in [9.17, 15) is 0 Å². The maximum absolute atomic E-state index is 5.82. The van der Waals surface area contributed by atoms with E-state index in [0.717, 1.165) is 19.5 Å². The van der Waals surface area contributed by atoms with Crippen molar-refractivity contribution in [3.05, 3.63) is 18.0 Å². The molecule has 2 heterocycles. The van der Waals surface area contributed by atoms with E-state index >= 15 is 0 Å². The fourth-order valence-electron chi connectivity index (χ4n) is 2.35. The summed E-state index contributed by atoms with van der Waals surface area (Å²) in [5.74, 6) is 0. The number of nitrogens with zero attached hydrogens (tertiary/aromatic N) is 2. The lowest BCUT2D eigenvalue weighted by Gasteiger charge is -2.31. The van der Waals surface area contributed by atoms with Gasteiger partial charge < -0.3 is 14.8 Å². The number of aryl methyl sites for hydroxylation is 1. The normalized spacial score (nSPS) is 22.0. The van der Waals surface area contributed by atoms with Gasteiger partial charge in [0.2, 0.25) is 0 Å². The van der Waals surface area contributed by atoms with E-state index in [-0.39, 0.29) is 12.1 Å². The lowest BCUT2D eigenvalue weighted by molar-refractivity contribution is -0.103. The molecule has 1 aliphatic rings. The van der Waals surface area contributed by atoms with E-state index in [2.05, 4.69) is 35.0 Å². The molecule has 1 saturated heterocycles. The van der Waals surface area contributed by atoms with Gasteiger partial charge in [-0.3, -0.25) is 4.68 Å². The first-order chi connectivity index (χ1) is 8.86. The zero-order valence-electron chi connectivity index (χ0n) is 11.3. The van der Waals surface area contributed by atoms with Crippen LogP contribution in [0.5, 0.6) is 0 Å². The topological polar surface area (TPSA) is 48.3 Å². The third-order valence-electron chi connectivity index (χ3n) is 3.14. The summed E-state index contributed by atoms with van der Waals surface area (Å²) in [4.78, 5) is 0. The maximum atomic E-state index is 5.82. The predicted molar refractivity (Wildman–Crippen MR) is 69.5 cm³/mol. The standard InChI is InChI=1S/C13H23N3O2/c1-3-7-16-11(5-6-15-16)13(14-4-2)12-10-17-8-9-18-12/h5-6,12-14H,3-4,7-10H2,1-2H3. The molecule has 1 aliphatic heterocycles. The quantitative estimate of drug-likeness (QED) is 0.831. The molecule has 0 saturated carbocycles. The molecule has 1 fully saturated rings. The van der Waals surface area contributed by atoms with Crippen LogP contribution in [0.2, 0.25) is 0 Å². The molecule has 1 aromatic heterocycles. The van der Waals surface area contributed by atoms with Crippen LogP contribution in [0.4, 0.5) is 0 Å².